The zero-order valence-electron chi connectivity index (χ0n) is 50.7. The van der Waals surface area contributed by atoms with Crippen LogP contribution < -0.4 is 70.6 Å². The summed E-state index contributed by atoms with van der Waals surface area (Å²) in [4.78, 5) is 167. The molecule has 10 amide bonds. The predicted octanol–water partition coefficient (Wildman–Crippen LogP) is -0.993. The number of carboxylic acids is 2. The van der Waals surface area contributed by atoms with Crippen LogP contribution in [0, 0.1) is 0 Å². The molecule has 30 nitrogen and oxygen atoms in total. The molecule has 2 heterocycles. The standard InChI is InChI=1S/C61H79N15O15S/c1-34(69-58(88)43(20-23-51(79)80)71-56(86)41(62)13-8-9-26-65-55(85)37-17-22-49(76-64)67-31-37)54(84)75-47(29-36-15-18-39(77)19-16-36)57(87)68-33-50(78)70-48(30-38-32-66-42-14-7-6-12-40(38)42)61(91)73-45(25-27-92-2)60(90)72-44(21-24-52(81)82)59(89)74-46(53(63)83)28-35-10-4-3-5-11-35/h3-7,10-12,14-19,22,31-32,34,41,43-48,66,77H,8-9,13,20-21,23-30,33,62,64H2,1-2H3,(H2,63,83)(H,65,85)(H,67,76)(H,68,87)(H,69,88)(H,70,78)(H,71,86)(H,72,90)(H,73,91)(H,74,89)(H,75,84)(H,79,80)(H,81,82)/t34-,41-,43-,44-,45-,46-,47-,48-/m0/s1. The average molecular weight is 1290 g/mol. The van der Waals surface area contributed by atoms with Gasteiger partial charge in [-0.3, -0.25) is 57.5 Å². The number of carbonyl (C=O) groups excluding carboxylic acids is 10. The number of amides is 10. The van der Waals surface area contributed by atoms with E-state index in [0.29, 0.717) is 57.6 Å². The van der Waals surface area contributed by atoms with Gasteiger partial charge in [-0.2, -0.15) is 11.8 Å². The Morgan fingerprint density at radius 2 is 1.13 bits per heavy atom. The molecule has 0 aliphatic carbocycles. The van der Waals surface area contributed by atoms with Crippen LogP contribution in [-0.2, 0) is 72.0 Å². The molecule has 3 aromatic carbocycles. The van der Waals surface area contributed by atoms with Crippen molar-refractivity contribution in [2.24, 2.45) is 17.3 Å². The van der Waals surface area contributed by atoms with Gasteiger partial charge in [0.05, 0.1) is 18.2 Å². The Bertz CT molecular complexity index is 3360. The molecule has 0 radical (unpaired) electrons. The van der Waals surface area contributed by atoms with E-state index in [1.165, 1.54) is 61.3 Å². The molecule has 2 aromatic heterocycles. The van der Waals surface area contributed by atoms with Crippen molar-refractivity contribution in [2.75, 3.05) is 30.5 Å². The number of fused-ring (bicyclic) bond motifs is 1. The highest BCUT2D eigenvalue weighted by Gasteiger charge is 2.34. The number of hydrogen-bond acceptors (Lipinski definition) is 18. The minimum Gasteiger partial charge on any atom is -0.508 e. The molecule has 0 saturated carbocycles. The largest absolute Gasteiger partial charge is 0.508 e. The van der Waals surface area contributed by atoms with E-state index in [-0.39, 0.29) is 44.4 Å². The first-order chi connectivity index (χ1) is 43.9. The number of hydrogen-bond donors (Lipinski definition) is 17. The minimum atomic E-state index is -1.52. The van der Waals surface area contributed by atoms with E-state index < -0.39 is 152 Å². The first kappa shape index (κ1) is 72.6. The number of aromatic amines is 1. The fraction of sp³-hybridized carbons (Fsp3) is 0.393. The van der Waals surface area contributed by atoms with Gasteiger partial charge < -0.3 is 85.0 Å². The second-order valence-corrected chi connectivity index (χ2v) is 22.5. The highest BCUT2D eigenvalue weighted by Crippen LogP contribution is 2.20. The summed E-state index contributed by atoms with van der Waals surface area (Å²) in [5, 5.41) is 52.6. The molecular weight excluding hydrogens is 1210 g/mol. The number of carboxylic acid groups (broad SMARTS) is 2. The van der Waals surface area contributed by atoms with Gasteiger partial charge >= 0.3 is 11.9 Å². The molecule has 31 heteroatoms. The van der Waals surface area contributed by atoms with Crippen LogP contribution in [0.25, 0.3) is 10.9 Å². The number of para-hydroxylation sites is 1. The minimum absolute atomic E-state index is 0.0124. The topological polar surface area (TPSA) is 493 Å². The molecule has 5 rings (SSSR count). The average Bonchev–Trinajstić information content (AvgIpc) is 1.86. The maximum atomic E-state index is 14.5. The number of rotatable bonds is 39. The number of nitrogen functional groups attached to an aromatic ring is 1. The second-order valence-electron chi connectivity index (χ2n) is 21.5. The van der Waals surface area contributed by atoms with Crippen molar-refractivity contribution in [2.45, 2.75) is 126 Å². The highest BCUT2D eigenvalue weighted by atomic mass is 32.2. The zero-order chi connectivity index (χ0) is 67.3. The first-order valence-corrected chi connectivity index (χ1v) is 30.8. The van der Waals surface area contributed by atoms with Gasteiger partial charge in [-0.05, 0) is 104 Å². The lowest BCUT2D eigenvalue weighted by molar-refractivity contribution is -0.139. The third-order valence-electron chi connectivity index (χ3n) is 14.4. The maximum Gasteiger partial charge on any atom is 0.303 e. The molecule has 494 valence electrons. The van der Waals surface area contributed by atoms with E-state index in [1.807, 2.05) is 0 Å². The normalized spacial score (nSPS) is 13.6. The molecule has 0 saturated heterocycles. The number of nitrogens with two attached hydrogens (primary N) is 3. The van der Waals surface area contributed by atoms with E-state index in [2.05, 4.69) is 63.2 Å². The number of nitrogens with one attached hydrogen (secondary N) is 11. The third kappa shape index (κ3) is 24.3. The van der Waals surface area contributed by atoms with Crippen molar-refractivity contribution >= 4 is 99.5 Å². The Morgan fingerprint density at radius 3 is 1.74 bits per heavy atom. The number of thioether (sulfide) groups is 1. The van der Waals surface area contributed by atoms with Gasteiger partial charge in [0.25, 0.3) is 5.91 Å². The van der Waals surface area contributed by atoms with Crippen molar-refractivity contribution in [3.05, 3.63) is 126 Å². The lowest BCUT2D eigenvalue weighted by Gasteiger charge is -2.26. The smallest absolute Gasteiger partial charge is 0.303 e. The molecule has 0 spiro atoms. The van der Waals surface area contributed by atoms with E-state index in [1.54, 1.807) is 67.0 Å². The SMILES string of the molecule is CSCC[C@H](NC(=O)[C@H](Cc1c[nH]c2ccccc12)NC(=O)CNC(=O)[C@H](Cc1ccc(O)cc1)NC(=O)[C@H](C)NC(=O)[C@H](CCC(=O)O)NC(=O)[C@@H](N)CCCCNC(=O)c1ccc(NN)nc1)C(=O)N[C@@H](CCC(=O)O)C(=O)N[C@@H](Cc1ccccc1)C(N)=O. The first-order valence-electron chi connectivity index (χ1n) is 29.4. The molecule has 0 unspecified atom stereocenters. The number of aliphatic carboxylic acids is 2. The molecular formula is C61H79N15O15S. The number of nitrogens with zero attached hydrogens (tertiary/aromatic N) is 1. The predicted molar refractivity (Wildman–Crippen MR) is 338 cm³/mol. The summed E-state index contributed by atoms with van der Waals surface area (Å²) in [7, 11) is 0. The van der Waals surface area contributed by atoms with Crippen LogP contribution in [-0.4, -0.2) is 170 Å². The lowest BCUT2D eigenvalue weighted by Crippen LogP contribution is -2.59. The molecule has 0 aliphatic rings. The number of phenols is 1. The zero-order valence-corrected chi connectivity index (χ0v) is 51.5. The third-order valence-corrected chi connectivity index (χ3v) is 15.1. The Balaban J connectivity index is 1.26. The van der Waals surface area contributed by atoms with Crippen molar-refractivity contribution < 1.29 is 72.9 Å². The second kappa shape index (κ2) is 37.1. The van der Waals surface area contributed by atoms with E-state index in [0.717, 1.165) is 0 Å². The van der Waals surface area contributed by atoms with Gasteiger partial charge in [-0.25, -0.2) is 10.8 Å². The number of hydrazine groups is 1. The number of phenolic OH excluding ortho intramolecular Hbond substituents is 1. The van der Waals surface area contributed by atoms with Crippen LogP contribution in [0.4, 0.5) is 5.82 Å². The summed E-state index contributed by atoms with van der Waals surface area (Å²) < 4.78 is 0. The Morgan fingerprint density at radius 1 is 0.576 bits per heavy atom. The Labute approximate surface area is 533 Å². The molecule has 5 aromatic rings. The molecule has 0 fully saturated rings. The van der Waals surface area contributed by atoms with Crippen molar-refractivity contribution in [1.82, 2.24) is 57.8 Å². The van der Waals surface area contributed by atoms with Crippen LogP contribution in [0.3, 0.4) is 0 Å². The summed E-state index contributed by atoms with van der Waals surface area (Å²) in [6, 6.07) is 13.2. The number of benzene rings is 3. The Kier molecular flexibility index (Phi) is 29.3. The van der Waals surface area contributed by atoms with Crippen LogP contribution in [0.1, 0.15) is 85.3 Å². The number of aromatic nitrogens is 2. The summed E-state index contributed by atoms with van der Waals surface area (Å²) in [5.74, 6) is -5.21. The van der Waals surface area contributed by atoms with Crippen molar-refractivity contribution in [3.8, 4) is 5.75 Å². The van der Waals surface area contributed by atoms with Crippen molar-refractivity contribution in [1.29, 1.82) is 0 Å². The van der Waals surface area contributed by atoms with Gasteiger partial charge in [0.15, 0.2) is 0 Å². The number of H-pyrrole nitrogens is 1. The van der Waals surface area contributed by atoms with Crippen molar-refractivity contribution in [3.63, 3.8) is 0 Å². The van der Waals surface area contributed by atoms with Crippen LogP contribution in [0.2, 0.25) is 0 Å². The fourth-order valence-corrected chi connectivity index (χ4v) is 9.77. The number of anilines is 1. The Hall–Kier alpha value is -10.1. The van der Waals surface area contributed by atoms with E-state index in [9.17, 15) is 72.9 Å². The molecule has 0 aliphatic heterocycles. The van der Waals surface area contributed by atoms with Crippen LogP contribution >= 0.6 is 11.8 Å². The lowest BCUT2D eigenvalue weighted by atomic mass is 10.0. The quantitative estimate of drug-likeness (QED) is 0.0128. The summed E-state index contributed by atoms with van der Waals surface area (Å²) >= 11 is 1.32. The van der Waals surface area contributed by atoms with Gasteiger partial charge in [-0.15, -0.1) is 0 Å². The molecule has 20 N–H and O–H groups in total. The van der Waals surface area contributed by atoms with Gasteiger partial charge in [0.2, 0.25) is 53.2 Å². The van der Waals surface area contributed by atoms with Gasteiger partial charge in [0.1, 0.15) is 53.9 Å². The number of primary amides is 1. The highest BCUT2D eigenvalue weighted by molar-refractivity contribution is 7.98. The monoisotopic (exact) mass is 1290 g/mol. The molecule has 0 bridgehead atoms. The van der Waals surface area contributed by atoms with E-state index in [4.69, 9.17) is 17.3 Å². The molecule has 92 heavy (non-hydrogen) atoms. The number of unbranched alkanes of at least 4 members (excludes halogenated alkanes) is 1. The number of pyridine rings is 1. The van der Waals surface area contributed by atoms with Crippen LogP contribution in [0.5, 0.6) is 5.75 Å². The summed E-state index contributed by atoms with van der Waals surface area (Å²) in [6.07, 6.45) is 3.21. The summed E-state index contributed by atoms with van der Waals surface area (Å²) in [6.45, 7) is 0.702. The molecule has 8 atom stereocenters. The maximum absolute atomic E-state index is 14.5. The number of carbonyl (C=O) groups is 12. The van der Waals surface area contributed by atoms with Gasteiger partial charge in [0, 0.05) is 61.9 Å². The fourth-order valence-electron chi connectivity index (χ4n) is 9.30. The van der Waals surface area contributed by atoms with Crippen LogP contribution in [0.15, 0.2) is 103 Å². The van der Waals surface area contributed by atoms with E-state index >= 15 is 0 Å². The van der Waals surface area contributed by atoms with Gasteiger partial charge in [-0.1, -0.05) is 60.7 Å². The summed E-state index contributed by atoms with van der Waals surface area (Å²) in [5.41, 5.74) is 16.8. The number of aromatic hydroxyl groups is 1.